The number of carbonyl (C=O) groups is 1. The average molecular weight is 521 g/mol. The number of ether oxygens (including phenoxy) is 1. The molecule has 3 aromatic rings. The molecule has 1 aliphatic heterocycles. The Balaban J connectivity index is 1.61. The predicted octanol–water partition coefficient (Wildman–Crippen LogP) is 3.70. The summed E-state index contributed by atoms with van der Waals surface area (Å²) in [5.41, 5.74) is 0.0587. The van der Waals surface area contributed by atoms with E-state index in [2.05, 4.69) is 20.4 Å². The molecule has 194 valence electrons. The van der Waals surface area contributed by atoms with Crippen LogP contribution in [0, 0.1) is 11.3 Å². The summed E-state index contributed by atoms with van der Waals surface area (Å²) in [6, 6.07) is 7.38. The molecule has 0 bridgehead atoms. The molecule has 0 unspecified atom stereocenters. The molecule has 0 spiro atoms. The summed E-state index contributed by atoms with van der Waals surface area (Å²) in [6.07, 6.45) is -6.49. The fraction of sp³-hybridized carbons (Fsp3) is 0.348. The van der Waals surface area contributed by atoms with E-state index in [4.69, 9.17) is 10.00 Å². The second kappa shape index (κ2) is 9.74. The lowest BCUT2D eigenvalue weighted by molar-refractivity contribution is -0.298. The van der Waals surface area contributed by atoms with Gasteiger partial charge in [0.1, 0.15) is 12.4 Å². The number of benzene rings is 1. The van der Waals surface area contributed by atoms with Crippen molar-refractivity contribution in [2.45, 2.75) is 31.4 Å². The maximum atomic E-state index is 14.4. The van der Waals surface area contributed by atoms with Crippen LogP contribution in [0.2, 0.25) is 0 Å². The first kappa shape index (κ1) is 26.0. The van der Waals surface area contributed by atoms with Crippen molar-refractivity contribution < 1.29 is 31.5 Å². The lowest BCUT2D eigenvalue weighted by atomic mass is 10.0. The van der Waals surface area contributed by atoms with Crippen LogP contribution in [0.4, 0.5) is 27.8 Å². The summed E-state index contributed by atoms with van der Waals surface area (Å²) in [6.45, 7) is 0.130. The topological polar surface area (TPSA) is 109 Å². The number of nitrogens with one attached hydrogen (secondary N) is 1. The third-order valence-corrected chi connectivity index (χ3v) is 5.71. The maximum Gasteiger partial charge on any atom is 0.434 e. The van der Waals surface area contributed by atoms with Crippen LogP contribution in [0.15, 0.2) is 42.9 Å². The van der Waals surface area contributed by atoms with Crippen LogP contribution in [-0.2, 0) is 18.0 Å². The van der Waals surface area contributed by atoms with Crippen LogP contribution in [0.1, 0.15) is 28.7 Å². The predicted molar refractivity (Wildman–Crippen MR) is 119 cm³/mol. The molecule has 1 aromatic carbocycles. The van der Waals surface area contributed by atoms with Crippen LogP contribution in [-0.4, -0.2) is 61.9 Å². The molecule has 1 fully saturated rings. The van der Waals surface area contributed by atoms with Crippen LogP contribution < -0.4 is 5.32 Å². The highest BCUT2D eigenvalue weighted by atomic mass is 19.4. The molecule has 0 radical (unpaired) electrons. The number of nitriles is 1. The number of hydrogen-bond donors (Lipinski definition) is 1. The highest BCUT2D eigenvalue weighted by molar-refractivity contribution is 5.99. The standard InChI is InChI=1S/C23H20F5N7O2/c1-13-17(8-31-19-10-30-18(9-32-19)23(26,27)28)35(12-22(24,25)37-13)21(36)20-16(11-34(2)33-20)15-5-3-14(7-29)4-6-15/h3-6,9-11,13,17H,8,12H2,1-2H3,(H,31,32)/t13-,17+/m0/s1. The lowest BCUT2D eigenvalue weighted by Crippen LogP contribution is -2.61. The fourth-order valence-corrected chi connectivity index (χ4v) is 3.95. The third-order valence-electron chi connectivity index (χ3n) is 5.71. The highest BCUT2D eigenvalue weighted by Crippen LogP contribution is 2.32. The molecule has 14 heteroatoms. The lowest BCUT2D eigenvalue weighted by Gasteiger charge is -2.43. The summed E-state index contributed by atoms with van der Waals surface area (Å²) in [7, 11) is 1.57. The van der Waals surface area contributed by atoms with E-state index < -0.39 is 42.6 Å². The molecule has 2 atom stereocenters. The number of halogens is 5. The van der Waals surface area contributed by atoms with Crippen LogP contribution in [0.25, 0.3) is 11.1 Å². The largest absolute Gasteiger partial charge is 0.434 e. The highest BCUT2D eigenvalue weighted by Gasteiger charge is 2.48. The summed E-state index contributed by atoms with van der Waals surface area (Å²) in [5.74, 6) is -0.832. The molecule has 1 saturated heterocycles. The van der Waals surface area contributed by atoms with Crippen molar-refractivity contribution >= 4 is 11.7 Å². The van der Waals surface area contributed by atoms with E-state index in [0.29, 0.717) is 22.9 Å². The number of rotatable bonds is 5. The minimum absolute atomic E-state index is 0.0407. The van der Waals surface area contributed by atoms with Crippen molar-refractivity contribution in [3.05, 3.63) is 59.8 Å². The molecule has 4 rings (SSSR count). The summed E-state index contributed by atoms with van der Waals surface area (Å²) >= 11 is 0. The number of aryl methyl sites for hydroxylation is 1. The zero-order chi connectivity index (χ0) is 27.0. The maximum absolute atomic E-state index is 14.4. The van der Waals surface area contributed by atoms with E-state index in [9.17, 15) is 26.7 Å². The summed E-state index contributed by atoms with van der Waals surface area (Å²) in [4.78, 5) is 21.5. The molecule has 1 aliphatic rings. The zero-order valence-electron chi connectivity index (χ0n) is 19.5. The monoisotopic (exact) mass is 521 g/mol. The van der Waals surface area contributed by atoms with Gasteiger partial charge in [-0.2, -0.15) is 32.3 Å². The minimum atomic E-state index is -4.67. The SMILES string of the molecule is C[C@@H]1OC(F)(F)CN(C(=O)c2nn(C)cc2-c2ccc(C#N)cc2)[C@@H]1CNc1cnc(C(F)(F)F)cn1. The smallest absolute Gasteiger partial charge is 0.367 e. The number of amides is 1. The molecular formula is C23H20F5N7O2. The second-order valence-electron chi connectivity index (χ2n) is 8.38. The van der Waals surface area contributed by atoms with Gasteiger partial charge in [-0.3, -0.25) is 9.48 Å². The van der Waals surface area contributed by atoms with Crippen molar-refractivity contribution in [1.29, 1.82) is 5.26 Å². The Hall–Kier alpha value is -4.12. The molecule has 9 nitrogen and oxygen atoms in total. The van der Waals surface area contributed by atoms with Gasteiger partial charge >= 0.3 is 12.3 Å². The first-order valence-electron chi connectivity index (χ1n) is 10.9. The van der Waals surface area contributed by atoms with Gasteiger partial charge in [-0.1, -0.05) is 12.1 Å². The van der Waals surface area contributed by atoms with Gasteiger partial charge in [0.05, 0.1) is 36.2 Å². The molecule has 37 heavy (non-hydrogen) atoms. The number of nitrogens with zero attached hydrogens (tertiary/aromatic N) is 6. The Bertz CT molecular complexity index is 1320. The van der Waals surface area contributed by atoms with E-state index in [-0.39, 0.29) is 18.1 Å². The molecule has 1 N–H and O–H groups in total. The fourth-order valence-electron chi connectivity index (χ4n) is 3.95. The minimum Gasteiger partial charge on any atom is -0.367 e. The van der Waals surface area contributed by atoms with Gasteiger partial charge in [-0.25, -0.2) is 9.97 Å². The first-order chi connectivity index (χ1) is 17.4. The van der Waals surface area contributed by atoms with Crippen molar-refractivity contribution in [3.63, 3.8) is 0 Å². The van der Waals surface area contributed by atoms with E-state index >= 15 is 0 Å². The number of carbonyl (C=O) groups excluding carboxylic acids is 1. The average Bonchev–Trinajstić information content (AvgIpc) is 3.23. The molecular weight excluding hydrogens is 501 g/mol. The van der Waals surface area contributed by atoms with Crippen LogP contribution >= 0.6 is 0 Å². The molecule has 0 aliphatic carbocycles. The van der Waals surface area contributed by atoms with Crippen LogP contribution in [0.5, 0.6) is 0 Å². The van der Waals surface area contributed by atoms with Crippen molar-refractivity contribution in [2.75, 3.05) is 18.4 Å². The van der Waals surface area contributed by atoms with Gasteiger partial charge in [0.15, 0.2) is 11.4 Å². The Morgan fingerprint density at radius 2 is 1.95 bits per heavy atom. The van der Waals surface area contributed by atoms with Gasteiger partial charge in [-0.15, -0.1) is 0 Å². The van der Waals surface area contributed by atoms with Gasteiger partial charge in [0, 0.05) is 25.4 Å². The van der Waals surface area contributed by atoms with Crippen molar-refractivity contribution in [1.82, 2.24) is 24.6 Å². The normalized spacial score (nSPS) is 19.4. The number of anilines is 1. The molecule has 2 aromatic heterocycles. The van der Waals surface area contributed by atoms with E-state index in [1.165, 1.54) is 11.6 Å². The van der Waals surface area contributed by atoms with Crippen molar-refractivity contribution in [2.24, 2.45) is 7.05 Å². The Morgan fingerprint density at radius 1 is 1.24 bits per heavy atom. The van der Waals surface area contributed by atoms with Crippen molar-refractivity contribution in [3.8, 4) is 17.2 Å². The molecule has 1 amide bonds. The Morgan fingerprint density at radius 3 is 2.54 bits per heavy atom. The third kappa shape index (κ3) is 5.67. The number of morpholine rings is 1. The van der Waals surface area contributed by atoms with E-state index in [1.54, 1.807) is 37.5 Å². The number of alkyl halides is 5. The van der Waals surface area contributed by atoms with Gasteiger partial charge in [-0.05, 0) is 24.6 Å². The Labute approximate surface area is 207 Å². The first-order valence-corrected chi connectivity index (χ1v) is 10.9. The number of aromatic nitrogens is 4. The molecule has 3 heterocycles. The van der Waals surface area contributed by atoms with Gasteiger partial charge in [0.2, 0.25) is 0 Å². The van der Waals surface area contributed by atoms with Gasteiger partial charge in [0.25, 0.3) is 5.91 Å². The quantitative estimate of drug-likeness (QED) is 0.510. The number of hydrogen-bond acceptors (Lipinski definition) is 7. The van der Waals surface area contributed by atoms with E-state index in [0.717, 1.165) is 11.1 Å². The second-order valence-corrected chi connectivity index (χ2v) is 8.38. The summed E-state index contributed by atoms with van der Waals surface area (Å²) in [5, 5.41) is 16.0. The summed E-state index contributed by atoms with van der Waals surface area (Å²) < 4.78 is 73.1. The van der Waals surface area contributed by atoms with Crippen LogP contribution in [0.3, 0.4) is 0 Å². The Kier molecular flexibility index (Phi) is 6.83. The zero-order valence-corrected chi connectivity index (χ0v) is 19.5. The van der Waals surface area contributed by atoms with Gasteiger partial charge < -0.3 is 15.0 Å². The molecule has 0 saturated carbocycles. The van der Waals surface area contributed by atoms with E-state index in [1.807, 2.05) is 6.07 Å².